The molecule has 0 spiro atoms. The first kappa shape index (κ1) is 13.7. The Hall–Kier alpha value is -1.35. The lowest BCUT2D eigenvalue weighted by Crippen LogP contribution is -2.18. The molecule has 0 heterocycles. The van der Waals surface area contributed by atoms with Gasteiger partial charge in [0.15, 0.2) is 0 Å². The van der Waals surface area contributed by atoms with Crippen molar-refractivity contribution in [2.75, 3.05) is 11.9 Å². The fourth-order valence-electron chi connectivity index (χ4n) is 1.87. The Bertz CT molecular complexity index is 371. The van der Waals surface area contributed by atoms with Gasteiger partial charge >= 0.3 is 0 Å². The number of anilines is 1. The molecule has 1 amide bonds. The highest BCUT2D eigenvalue weighted by Crippen LogP contribution is 2.32. The zero-order chi connectivity index (χ0) is 13.0. The van der Waals surface area contributed by atoms with Gasteiger partial charge < -0.3 is 10.4 Å². The second kappa shape index (κ2) is 5.82. The molecule has 0 radical (unpaired) electrons. The average molecular weight is 235 g/mol. The summed E-state index contributed by atoms with van der Waals surface area (Å²) in [6.07, 6.45) is 0. The standard InChI is InChI=1S/C14H21NO2/c1-9(2)11-6-5-7-12(10(3)4)14(11)15-13(17)8-16/h5-7,9-10,16H,8H2,1-4H3,(H,15,17). The minimum absolute atomic E-state index is 0.336. The maximum atomic E-state index is 11.4. The van der Waals surface area contributed by atoms with E-state index in [1.165, 1.54) is 0 Å². The van der Waals surface area contributed by atoms with Crippen molar-refractivity contribution in [1.29, 1.82) is 0 Å². The number of benzene rings is 1. The fraction of sp³-hybridized carbons (Fsp3) is 0.500. The fourth-order valence-corrected chi connectivity index (χ4v) is 1.87. The van der Waals surface area contributed by atoms with E-state index in [2.05, 4.69) is 33.0 Å². The summed E-state index contributed by atoms with van der Waals surface area (Å²) in [4.78, 5) is 11.4. The normalized spacial score (nSPS) is 11.0. The number of nitrogens with one attached hydrogen (secondary N) is 1. The quantitative estimate of drug-likeness (QED) is 0.843. The highest BCUT2D eigenvalue weighted by molar-refractivity contribution is 5.93. The molecule has 0 atom stereocenters. The third-order valence-electron chi connectivity index (χ3n) is 2.78. The summed E-state index contributed by atoms with van der Waals surface area (Å²) in [5, 5.41) is 11.6. The SMILES string of the molecule is CC(C)c1cccc(C(C)C)c1NC(=O)CO. The smallest absolute Gasteiger partial charge is 0.250 e. The van der Waals surface area contributed by atoms with Crippen LogP contribution in [-0.4, -0.2) is 17.6 Å². The molecule has 0 unspecified atom stereocenters. The molecule has 94 valence electrons. The van der Waals surface area contributed by atoms with Gasteiger partial charge in [-0.2, -0.15) is 0 Å². The van der Waals surface area contributed by atoms with E-state index in [9.17, 15) is 4.79 Å². The van der Waals surface area contributed by atoms with E-state index in [1.54, 1.807) is 0 Å². The first-order valence-electron chi connectivity index (χ1n) is 6.00. The second-order valence-electron chi connectivity index (χ2n) is 4.83. The Balaban J connectivity index is 3.23. The van der Waals surface area contributed by atoms with Crippen LogP contribution in [0, 0.1) is 0 Å². The van der Waals surface area contributed by atoms with Gasteiger partial charge in [-0.05, 0) is 23.0 Å². The van der Waals surface area contributed by atoms with E-state index in [1.807, 2.05) is 18.2 Å². The molecule has 0 bridgehead atoms. The van der Waals surface area contributed by atoms with Crippen LogP contribution in [0.5, 0.6) is 0 Å². The summed E-state index contributed by atoms with van der Waals surface area (Å²) < 4.78 is 0. The molecule has 17 heavy (non-hydrogen) atoms. The van der Waals surface area contributed by atoms with Crippen LogP contribution in [0.15, 0.2) is 18.2 Å². The summed E-state index contributed by atoms with van der Waals surface area (Å²) in [5.41, 5.74) is 3.08. The zero-order valence-corrected chi connectivity index (χ0v) is 10.9. The molecular weight excluding hydrogens is 214 g/mol. The third kappa shape index (κ3) is 3.30. The van der Waals surface area contributed by atoms with Gasteiger partial charge in [0, 0.05) is 5.69 Å². The van der Waals surface area contributed by atoms with Gasteiger partial charge in [-0.1, -0.05) is 45.9 Å². The molecule has 2 N–H and O–H groups in total. The molecule has 0 aliphatic carbocycles. The highest BCUT2D eigenvalue weighted by Gasteiger charge is 2.15. The van der Waals surface area contributed by atoms with E-state index < -0.39 is 6.61 Å². The van der Waals surface area contributed by atoms with Crippen molar-refractivity contribution < 1.29 is 9.90 Å². The zero-order valence-electron chi connectivity index (χ0n) is 10.9. The number of amides is 1. The number of rotatable bonds is 4. The largest absolute Gasteiger partial charge is 0.387 e. The molecule has 0 aliphatic heterocycles. The topological polar surface area (TPSA) is 49.3 Å². The Morgan fingerprint density at radius 1 is 1.18 bits per heavy atom. The van der Waals surface area contributed by atoms with Crippen LogP contribution in [0.4, 0.5) is 5.69 Å². The van der Waals surface area contributed by atoms with Crippen LogP contribution < -0.4 is 5.32 Å². The summed E-state index contributed by atoms with van der Waals surface area (Å²) in [6, 6.07) is 6.05. The van der Waals surface area contributed by atoms with Gasteiger partial charge in [0.05, 0.1) is 0 Å². The highest BCUT2D eigenvalue weighted by atomic mass is 16.3. The lowest BCUT2D eigenvalue weighted by molar-refractivity contribution is -0.118. The number of hydrogen-bond donors (Lipinski definition) is 2. The Morgan fingerprint density at radius 2 is 1.65 bits per heavy atom. The van der Waals surface area contributed by atoms with Crippen molar-refractivity contribution in [1.82, 2.24) is 0 Å². The second-order valence-corrected chi connectivity index (χ2v) is 4.83. The van der Waals surface area contributed by atoms with Crippen molar-refractivity contribution in [3.05, 3.63) is 29.3 Å². The third-order valence-corrected chi connectivity index (χ3v) is 2.78. The maximum absolute atomic E-state index is 11.4. The summed E-state index contributed by atoms with van der Waals surface area (Å²) in [7, 11) is 0. The van der Waals surface area contributed by atoms with Crippen LogP contribution in [0.1, 0.15) is 50.7 Å². The molecule has 0 saturated heterocycles. The molecule has 0 aromatic heterocycles. The van der Waals surface area contributed by atoms with E-state index in [4.69, 9.17) is 5.11 Å². The Labute approximate surface area is 103 Å². The van der Waals surface area contributed by atoms with Crippen LogP contribution in [-0.2, 0) is 4.79 Å². The van der Waals surface area contributed by atoms with Crippen molar-refractivity contribution in [3.63, 3.8) is 0 Å². The van der Waals surface area contributed by atoms with Gasteiger partial charge in [-0.15, -0.1) is 0 Å². The summed E-state index contributed by atoms with van der Waals surface area (Å²) >= 11 is 0. The minimum atomic E-state index is -0.482. The maximum Gasteiger partial charge on any atom is 0.250 e. The van der Waals surface area contributed by atoms with Gasteiger partial charge in [0.25, 0.3) is 0 Å². The Kier molecular flexibility index (Phi) is 4.70. The number of aliphatic hydroxyl groups excluding tert-OH is 1. The van der Waals surface area contributed by atoms with Gasteiger partial charge in [-0.25, -0.2) is 0 Å². The van der Waals surface area contributed by atoms with E-state index in [0.717, 1.165) is 16.8 Å². The molecule has 3 heteroatoms. The van der Waals surface area contributed by atoms with Crippen LogP contribution in [0.3, 0.4) is 0 Å². The molecule has 1 aromatic carbocycles. The summed E-state index contributed by atoms with van der Waals surface area (Å²) in [5.74, 6) is 0.311. The van der Waals surface area contributed by atoms with Crippen molar-refractivity contribution in [2.24, 2.45) is 0 Å². The monoisotopic (exact) mass is 235 g/mol. The first-order chi connectivity index (χ1) is 7.97. The van der Waals surface area contributed by atoms with Gasteiger partial charge in [-0.3, -0.25) is 4.79 Å². The molecular formula is C14H21NO2. The average Bonchev–Trinajstić information content (AvgIpc) is 2.28. The van der Waals surface area contributed by atoms with Crippen molar-refractivity contribution in [2.45, 2.75) is 39.5 Å². The lowest BCUT2D eigenvalue weighted by atomic mass is 9.92. The minimum Gasteiger partial charge on any atom is -0.387 e. The predicted octanol–water partition coefficient (Wildman–Crippen LogP) is 2.86. The molecule has 1 rings (SSSR count). The number of aliphatic hydroxyl groups is 1. The molecule has 0 fully saturated rings. The van der Waals surface area contributed by atoms with Crippen molar-refractivity contribution in [3.8, 4) is 0 Å². The predicted molar refractivity (Wildman–Crippen MR) is 70.3 cm³/mol. The van der Waals surface area contributed by atoms with Crippen molar-refractivity contribution >= 4 is 11.6 Å². The molecule has 0 saturated carbocycles. The number of hydrogen-bond acceptors (Lipinski definition) is 2. The first-order valence-corrected chi connectivity index (χ1v) is 6.00. The lowest BCUT2D eigenvalue weighted by Gasteiger charge is -2.19. The number of para-hydroxylation sites is 1. The summed E-state index contributed by atoms with van der Waals surface area (Å²) in [6.45, 7) is 7.88. The van der Waals surface area contributed by atoms with Crippen LogP contribution in [0.25, 0.3) is 0 Å². The Morgan fingerprint density at radius 3 is 2.00 bits per heavy atom. The molecule has 0 aliphatic rings. The van der Waals surface area contributed by atoms with Gasteiger partial charge in [0.1, 0.15) is 6.61 Å². The van der Waals surface area contributed by atoms with E-state index in [0.29, 0.717) is 11.8 Å². The number of carbonyl (C=O) groups excluding carboxylic acids is 1. The number of carbonyl (C=O) groups is 1. The molecule has 3 nitrogen and oxygen atoms in total. The van der Waals surface area contributed by atoms with E-state index >= 15 is 0 Å². The van der Waals surface area contributed by atoms with Gasteiger partial charge in [0.2, 0.25) is 5.91 Å². The van der Waals surface area contributed by atoms with E-state index in [-0.39, 0.29) is 5.91 Å². The molecule has 1 aromatic rings. The van der Waals surface area contributed by atoms with Crippen LogP contribution >= 0.6 is 0 Å². The van der Waals surface area contributed by atoms with Crippen LogP contribution in [0.2, 0.25) is 0 Å².